The van der Waals surface area contributed by atoms with Crippen molar-refractivity contribution < 1.29 is 14.3 Å². The maximum atomic E-state index is 12.2. The molecule has 0 spiro atoms. The van der Waals surface area contributed by atoms with E-state index in [2.05, 4.69) is 10.6 Å². The summed E-state index contributed by atoms with van der Waals surface area (Å²) in [5.74, 6) is 0.124. The van der Waals surface area contributed by atoms with E-state index in [4.69, 9.17) is 4.74 Å². The number of ether oxygens (including phenoxy) is 1. The molecule has 1 aliphatic heterocycles. The van der Waals surface area contributed by atoms with Crippen molar-refractivity contribution in [2.45, 2.75) is 44.6 Å². The summed E-state index contributed by atoms with van der Waals surface area (Å²) in [6.07, 6.45) is 6.17. The van der Waals surface area contributed by atoms with Crippen LogP contribution in [0.5, 0.6) is 0 Å². The van der Waals surface area contributed by atoms with Crippen molar-refractivity contribution in [3.8, 4) is 0 Å². The van der Waals surface area contributed by atoms with E-state index in [1.807, 2.05) is 29.2 Å². The van der Waals surface area contributed by atoms with Gasteiger partial charge < -0.3 is 20.3 Å². The highest BCUT2D eigenvalue weighted by Gasteiger charge is 2.17. The Labute approximate surface area is 148 Å². The number of carbonyl (C=O) groups excluding carboxylic acids is 2. The SMILES string of the molecule is O=C(Nc1ccc(CC(=O)N2CCOCC2)cc1)NC1CCCCC1. The number of carbonyl (C=O) groups is 2. The predicted molar refractivity (Wildman–Crippen MR) is 96.6 cm³/mol. The fraction of sp³-hybridized carbons (Fsp3) is 0.579. The van der Waals surface area contributed by atoms with Crippen LogP contribution in [0.3, 0.4) is 0 Å². The van der Waals surface area contributed by atoms with Gasteiger partial charge in [-0.15, -0.1) is 0 Å². The third-order valence-corrected chi connectivity index (χ3v) is 4.87. The molecule has 2 aliphatic rings. The van der Waals surface area contributed by atoms with Crippen molar-refractivity contribution in [1.82, 2.24) is 10.2 Å². The van der Waals surface area contributed by atoms with E-state index in [0.29, 0.717) is 38.8 Å². The Morgan fingerprint density at radius 1 is 1.04 bits per heavy atom. The molecule has 6 nitrogen and oxygen atoms in total. The van der Waals surface area contributed by atoms with Crippen LogP contribution in [0.15, 0.2) is 24.3 Å². The summed E-state index contributed by atoms with van der Waals surface area (Å²) in [5, 5.41) is 5.91. The minimum absolute atomic E-state index is 0.124. The number of urea groups is 1. The van der Waals surface area contributed by atoms with Gasteiger partial charge in [-0.25, -0.2) is 4.79 Å². The van der Waals surface area contributed by atoms with Crippen LogP contribution in [-0.4, -0.2) is 49.2 Å². The Morgan fingerprint density at radius 2 is 1.72 bits per heavy atom. The van der Waals surface area contributed by atoms with Gasteiger partial charge in [0.05, 0.1) is 19.6 Å². The first-order chi connectivity index (χ1) is 12.2. The molecule has 0 bridgehead atoms. The second-order valence-corrected chi connectivity index (χ2v) is 6.80. The first-order valence-electron chi connectivity index (χ1n) is 9.23. The zero-order valence-corrected chi connectivity index (χ0v) is 14.6. The molecular formula is C19H27N3O3. The van der Waals surface area contributed by atoms with Gasteiger partial charge in [0.2, 0.25) is 5.91 Å². The van der Waals surface area contributed by atoms with Gasteiger partial charge in [-0.3, -0.25) is 4.79 Å². The summed E-state index contributed by atoms with van der Waals surface area (Å²) in [5.41, 5.74) is 1.70. The monoisotopic (exact) mass is 345 g/mol. The molecule has 1 aromatic rings. The molecular weight excluding hydrogens is 318 g/mol. The van der Waals surface area contributed by atoms with Crippen LogP contribution >= 0.6 is 0 Å². The highest BCUT2D eigenvalue weighted by molar-refractivity contribution is 5.89. The van der Waals surface area contributed by atoms with Crippen molar-refractivity contribution in [3.63, 3.8) is 0 Å². The number of nitrogens with one attached hydrogen (secondary N) is 2. The quantitative estimate of drug-likeness (QED) is 0.881. The van der Waals surface area contributed by atoms with Gasteiger partial charge in [0.15, 0.2) is 0 Å². The van der Waals surface area contributed by atoms with Crippen LogP contribution < -0.4 is 10.6 Å². The first kappa shape index (κ1) is 17.7. The molecule has 6 heteroatoms. The lowest BCUT2D eigenvalue weighted by Crippen LogP contribution is -2.41. The molecule has 25 heavy (non-hydrogen) atoms. The lowest BCUT2D eigenvalue weighted by molar-refractivity contribution is -0.134. The van der Waals surface area contributed by atoms with Gasteiger partial charge >= 0.3 is 6.03 Å². The van der Waals surface area contributed by atoms with Gasteiger partial charge in [0.25, 0.3) is 0 Å². The lowest BCUT2D eigenvalue weighted by Gasteiger charge is -2.26. The summed E-state index contributed by atoms with van der Waals surface area (Å²) in [4.78, 5) is 26.1. The molecule has 1 saturated carbocycles. The van der Waals surface area contributed by atoms with Crippen molar-refractivity contribution in [2.75, 3.05) is 31.6 Å². The maximum absolute atomic E-state index is 12.2. The van der Waals surface area contributed by atoms with Crippen LogP contribution in [-0.2, 0) is 16.0 Å². The van der Waals surface area contributed by atoms with E-state index in [-0.39, 0.29) is 11.9 Å². The zero-order valence-electron chi connectivity index (χ0n) is 14.6. The number of anilines is 1. The van der Waals surface area contributed by atoms with Crippen LogP contribution in [0.4, 0.5) is 10.5 Å². The third kappa shape index (κ3) is 5.46. The van der Waals surface area contributed by atoms with Gasteiger partial charge in [-0.2, -0.15) is 0 Å². The standard InChI is InChI=1S/C19H27N3O3/c23-18(22-10-12-25-13-11-22)14-15-6-8-17(9-7-15)21-19(24)20-16-4-2-1-3-5-16/h6-9,16H,1-5,10-14H2,(H2,20,21,24). The van der Waals surface area contributed by atoms with E-state index < -0.39 is 0 Å². The van der Waals surface area contributed by atoms with E-state index in [1.165, 1.54) is 19.3 Å². The second-order valence-electron chi connectivity index (χ2n) is 6.80. The minimum Gasteiger partial charge on any atom is -0.378 e. The third-order valence-electron chi connectivity index (χ3n) is 4.87. The summed E-state index contributed by atoms with van der Waals surface area (Å²) in [6, 6.07) is 7.64. The molecule has 0 radical (unpaired) electrons. The molecule has 136 valence electrons. The molecule has 2 fully saturated rings. The maximum Gasteiger partial charge on any atom is 0.319 e. The fourth-order valence-corrected chi connectivity index (χ4v) is 3.40. The Hall–Kier alpha value is -2.08. The second kappa shape index (κ2) is 8.85. The van der Waals surface area contributed by atoms with Crippen molar-refractivity contribution in [3.05, 3.63) is 29.8 Å². The first-order valence-corrected chi connectivity index (χ1v) is 9.23. The molecule has 1 heterocycles. The predicted octanol–water partition coefficient (Wildman–Crippen LogP) is 2.54. The molecule has 1 saturated heterocycles. The number of hydrogen-bond donors (Lipinski definition) is 2. The van der Waals surface area contributed by atoms with E-state index in [9.17, 15) is 9.59 Å². The molecule has 0 aromatic heterocycles. The van der Waals surface area contributed by atoms with Crippen molar-refractivity contribution in [1.29, 1.82) is 0 Å². The molecule has 3 rings (SSSR count). The minimum atomic E-state index is -0.149. The number of morpholine rings is 1. The van der Waals surface area contributed by atoms with Gasteiger partial charge in [-0.1, -0.05) is 31.4 Å². The highest BCUT2D eigenvalue weighted by atomic mass is 16.5. The van der Waals surface area contributed by atoms with E-state index in [0.717, 1.165) is 24.1 Å². The Balaban J connectivity index is 1.46. The summed E-state index contributed by atoms with van der Waals surface area (Å²) >= 11 is 0. The average molecular weight is 345 g/mol. The number of benzene rings is 1. The summed E-state index contributed by atoms with van der Waals surface area (Å²) in [7, 11) is 0. The molecule has 3 amide bonds. The number of amides is 3. The Kier molecular flexibility index (Phi) is 6.28. The summed E-state index contributed by atoms with van der Waals surface area (Å²) < 4.78 is 5.27. The zero-order chi connectivity index (χ0) is 17.5. The van der Waals surface area contributed by atoms with Crippen LogP contribution in [0.2, 0.25) is 0 Å². The highest BCUT2D eigenvalue weighted by Crippen LogP contribution is 2.18. The normalized spacial score (nSPS) is 18.6. The lowest BCUT2D eigenvalue weighted by atomic mass is 9.96. The van der Waals surface area contributed by atoms with Crippen molar-refractivity contribution >= 4 is 17.6 Å². The molecule has 0 atom stereocenters. The van der Waals surface area contributed by atoms with E-state index in [1.54, 1.807) is 0 Å². The number of nitrogens with zero attached hydrogens (tertiary/aromatic N) is 1. The number of rotatable bonds is 4. The van der Waals surface area contributed by atoms with Crippen molar-refractivity contribution in [2.24, 2.45) is 0 Å². The average Bonchev–Trinajstić information content (AvgIpc) is 2.65. The molecule has 1 aliphatic carbocycles. The van der Waals surface area contributed by atoms with Gasteiger partial charge in [-0.05, 0) is 30.5 Å². The molecule has 0 unspecified atom stereocenters. The van der Waals surface area contributed by atoms with Gasteiger partial charge in [0.1, 0.15) is 0 Å². The largest absolute Gasteiger partial charge is 0.378 e. The topological polar surface area (TPSA) is 70.7 Å². The molecule has 2 N–H and O–H groups in total. The fourth-order valence-electron chi connectivity index (χ4n) is 3.40. The Bertz CT molecular complexity index is 576. The van der Waals surface area contributed by atoms with Crippen LogP contribution in [0, 0.1) is 0 Å². The Morgan fingerprint density at radius 3 is 2.40 bits per heavy atom. The summed E-state index contributed by atoms with van der Waals surface area (Å²) in [6.45, 7) is 2.56. The van der Waals surface area contributed by atoms with Gasteiger partial charge in [0, 0.05) is 24.8 Å². The van der Waals surface area contributed by atoms with E-state index >= 15 is 0 Å². The smallest absolute Gasteiger partial charge is 0.319 e. The number of hydrogen-bond acceptors (Lipinski definition) is 3. The van der Waals surface area contributed by atoms with Crippen LogP contribution in [0.1, 0.15) is 37.7 Å². The molecule has 1 aromatic carbocycles. The van der Waals surface area contributed by atoms with Crippen LogP contribution in [0.25, 0.3) is 0 Å².